The second-order valence-corrected chi connectivity index (χ2v) is 9.97. The molecule has 0 bridgehead atoms. The van der Waals surface area contributed by atoms with Crippen molar-refractivity contribution in [1.29, 1.82) is 0 Å². The summed E-state index contributed by atoms with van der Waals surface area (Å²) in [6, 6.07) is -0.583. The molecule has 6 atom stereocenters. The molecule has 2 amide bonds. The van der Waals surface area contributed by atoms with E-state index < -0.39 is 42.4 Å². The van der Waals surface area contributed by atoms with E-state index >= 15 is 0 Å². The SMILES string of the molecule is CNC(=O)C1CC(C2=CC(C)C3C(=O)N(C4C=NN(CC(F)(F)F)C4)C(C)(C)C3=N2)C=NC1OC. The van der Waals surface area contributed by atoms with Crippen LogP contribution >= 0.6 is 0 Å². The van der Waals surface area contributed by atoms with Gasteiger partial charge in [-0.15, -0.1) is 0 Å². The molecule has 1 N–H and O–H groups in total. The third kappa shape index (κ3) is 4.60. The highest BCUT2D eigenvalue weighted by atomic mass is 19.4. The number of ether oxygens (including phenoxy) is 1. The molecule has 0 spiro atoms. The standard InChI is InChI=1S/C23H31F3N6O3/c1-12-6-16(13-7-15(19(33)27-4)20(35-5)28-8-13)30-18-17(12)21(34)32(22(18,2)3)14-9-29-31(10-14)11-23(24,25)26/h6,8-9,12-15,17,20H,7,10-11H2,1-5H3,(H,27,33). The Kier molecular flexibility index (Phi) is 6.54. The lowest BCUT2D eigenvalue weighted by Crippen LogP contribution is -2.52. The lowest BCUT2D eigenvalue weighted by Gasteiger charge is -2.36. The van der Waals surface area contributed by atoms with Crippen LogP contribution in [0.3, 0.4) is 0 Å². The van der Waals surface area contributed by atoms with Gasteiger partial charge in [-0.05, 0) is 26.2 Å². The number of rotatable bonds is 5. The number of nitrogens with zero attached hydrogens (tertiary/aromatic N) is 5. The first-order valence-electron chi connectivity index (χ1n) is 11.6. The van der Waals surface area contributed by atoms with Gasteiger partial charge in [0.25, 0.3) is 0 Å². The van der Waals surface area contributed by atoms with Gasteiger partial charge in [0.05, 0.1) is 35.7 Å². The molecule has 0 radical (unpaired) electrons. The van der Waals surface area contributed by atoms with Crippen LogP contribution in [-0.2, 0) is 14.3 Å². The van der Waals surface area contributed by atoms with E-state index in [-0.39, 0.29) is 30.2 Å². The summed E-state index contributed by atoms with van der Waals surface area (Å²) in [4.78, 5) is 36.9. The molecule has 0 aliphatic carbocycles. The van der Waals surface area contributed by atoms with Crippen molar-refractivity contribution < 1.29 is 27.5 Å². The molecule has 9 nitrogen and oxygen atoms in total. The Morgan fingerprint density at radius 2 is 2.03 bits per heavy atom. The molecule has 192 valence electrons. The minimum atomic E-state index is -4.38. The van der Waals surface area contributed by atoms with Crippen LogP contribution in [0.25, 0.3) is 0 Å². The van der Waals surface area contributed by atoms with Crippen molar-refractivity contribution in [2.45, 2.75) is 51.2 Å². The van der Waals surface area contributed by atoms with Crippen LogP contribution in [0.5, 0.6) is 0 Å². The predicted molar refractivity (Wildman–Crippen MR) is 124 cm³/mol. The fourth-order valence-corrected chi connectivity index (χ4v) is 5.58. The predicted octanol–water partition coefficient (Wildman–Crippen LogP) is 1.86. The van der Waals surface area contributed by atoms with Crippen LogP contribution in [0.1, 0.15) is 27.2 Å². The van der Waals surface area contributed by atoms with E-state index in [1.54, 1.807) is 18.2 Å². The maximum absolute atomic E-state index is 13.5. The Bertz CT molecular complexity index is 1000. The first-order chi connectivity index (χ1) is 16.4. The van der Waals surface area contributed by atoms with Gasteiger partial charge in [0.2, 0.25) is 11.8 Å². The Morgan fingerprint density at radius 1 is 1.31 bits per heavy atom. The number of amides is 2. The zero-order valence-corrected chi connectivity index (χ0v) is 20.4. The molecule has 1 saturated heterocycles. The smallest absolute Gasteiger partial charge is 0.359 e. The van der Waals surface area contributed by atoms with Crippen molar-refractivity contribution >= 4 is 30.0 Å². The lowest BCUT2D eigenvalue weighted by molar-refractivity contribution is -0.146. The zero-order valence-electron chi connectivity index (χ0n) is 20.4. The average Bonchev–Trinajstić information content (AvgIpc) is 3.30. The number of alkyl halides is 3. The van der Waals surface area contributed by atoms with Crippen molar-refractivity contribution in [3.05, 3.63) is 11.8 Å². The largest absolute Gasteiger partial charge is 0.407 e. The van der Waals surface area contributed by atoms with Crippen LogP contribution in [-0.4, -0.2) is 91.1 Å². The maximum atomic E-state index is 13.5. The van der Waals surface area contributed by atoms with Gasteiger partial charge in [-0.2, -0.15) is 18.3 Å². The summed E-state index contributed by atoms with van der Waals surface area (Å²) in [7, 11) is 3.08. The molecule has 0 aromatic carbocycles. The van der Waals surface area contributed by atoms with Crippen LogP contribution in [0.4, 0.5) is 13.2 Å². The number of hydrogen-bond donors (Lipinski definition) is 1. The molecule has 4 aliphatic heterocycles. The number of allylic oxidation sites excluding steroid dienone is 2. The highest BCUT2D eigenvalue weighted by Crippen LogP contribution is 2.43. The van der Waals surface area contributed by atoms with Crippen molar-refractivity contribution in [3.63, 3.8) is 0 Å². The van der Waals surface area contributed by atoms with Gasteiger partial charge in [-0.3, -0.25) is 24.6 Å². The zero-order chi connectivity index (χ0) is 25.7. The highest BCUT2D eigenvalue weighted by molar-refractivity contribution is 6.17. The molecule has 6 unspecified atom stereocenters. The Hall–Kier alpha value is -2.76. The number of methoxy groups -OCH3 is 1. The molecule has 0 aromatic rings. The average molecular weight is 497 g/mol. The molecule has 4 heterocycles. The Morgan fingerprint density at radius 3 is 2.66 bits per heavy atom. The molecule has 4 rings (SSSR count). The Labute approximate surface area is 202 Å². The number of nitrogens with one attached hydrogen (secondary N) is 1. The van der Waals surface area contributed by atoms with Crippen LogP contribution in [0.2, 0.25) is 0 Å². The summed E-state index contributed by atoms with van der Waals surface area (Å²) in [6.07, 6.45) is 0.606. The summed E-state index contributed by atoms with van der Waals surface area (Å²) in [5, 5.41) is 7.49. The molecule has 35 heavy (non-hydrogen) atoms. The van der Waals surface area contributed by atoms with Gasteiger partial charge in [0.15, 0.2) is 6.23 Å². The van der Waals surface area contributed by atoms with Crippen LogP contribution < -0.4 is 5.32 Å². The van der Waals surface area contributed by atoms with E-state index in [2.05, 4.69) is 15.4 Å². The Balaban J connectivity index is 1.59. The molecule has 0 saturated carbocycles. The van der Waals surface area contributed by atoms with Gasteiger partial charge < -0.3 is 15.0 Å². The van der Waals surface area contributed by atoms with Crippen molar-refractivity contribution in [2.75, 3.05) is 27.2 Å². The number of aliphatic imine (C=N–C) groups is 2. The summed E-state index contributed by atoms with van der Waals surface area (Å²) in [5.74, 6) is -1.71. The normalized spacial score (nSPS) is 34.1. The summed E-state index contributed by atoms with van der Waals surface area (Å²) >= 11 is 0. The molecule has 12 heteroatoms. The maximum Gasteiger partial charge on any atom is 0.407 e. The summed E-state index contributed by atoms with van der Waals surface area (Å²) in [6.45, 7) is 4.48. The van der Waals surface area contributed by atoms with E-state index in [4.69, 9.17) is 9.73 Å². The fraction of sp³-hybridized carbons (Fsp3) is 0.696. The van der Waals surface area contributed by atoms with E-state index in [1.807, 2.05) is 26.8 Å². The van der Waals surface area contributed by atoms with Gasteiger partial charge in [0, 0.05) is 38.2 Å². The topological polar surface area (TPSA) is 99.0 Å². The van der Waals surface area contributed by atoms with E-state index in [0.717, 1.165) is 10.7 Å². The van der Waals surface area contributed by atoms with Gasteiger partial charge >= 0.3 is 6.18 Å². The van der Waals surface area contributed by atoms with E-state index in [0.29, 0.717) is 12.1 Å². The fourth-order valence-electron chi connectivity index (χ4n) is 5.58. The van der Waals surface area contributed by atoms with E-state index in [1.165, 1.54) is 13.3 Å². The number of fused-ring (bicyclic) bond motifs is 1. The van der Waals surface area contributed by atoms with Crippen LogP contribution in [0.15, 0.2) is 26.9 Å². The van der Waals surface area contributed by atoms with Crippen molar-refractivity contribution in [1.82, 2.24) is 15.2 Å². The van der Waals surface area contributed by atoms with Crippen LogP contribution in [0, 0.1) is 23.7 Å². The molecule has 0 aromatic heterocycles. The minimum absolute atomic E-state index is 0.0230. The molecule has 1 fully saturated rings. The van der Waals surface area contributed by atoms with E-state index in [9.17, 15) is 22.8 Å². The van der Waals surface area contributed by atoms with Crippen molar-refractivity contribution in [3.8, 4) is 0 Å². The number of carbonyl (C=O) groups excluding carboxylic acids is 2. The molecular weight excluding hydrogens is 465 g/mol. The van der Waals surface area contributed by atoms with Gasteiger partial charge in [0.1, 0.15) is 6.54 Å². The van der Waals surface area contributed by atoms with Gasteiger partial charge in [-0.1, -0.05) is 13.0 Å². The van der Waals surface area contributed by atoms with Gasteiger partial charge in [-0.25, -0.2) is 0 Å². The lowest BCUT2D eigenvalue weighted by atomic mass is 9.79. The highest BCUT2D eigenvalue weighted by Gasteiger charge is 2.56. The molecular formula is C23H31F3N6O3. The first-order valence-corrected chi connectivity index (χ1v) is 11.6. The number of halogens is 3. The second kappa shape index (κ2) is 9.03. The third-order valence-electron chi connectivity index (χ3n) is 7.20. The second-order valence-electron chi connectivity index (χ2n) is 9.97. The van der Waals surface area contributed by atoms with Crippen molar-refractivity contribution in [2.24, 2.45) is 38.8 Å². The summed E-state index contributed by atoms with van der Waals surface area (Å²) in [5.41, 5.74) is 0.591. The minimum Gasteiger partial charge on any atom is -0.359 e. The third-order valence-corrected chi connectivity index (χ3v) is 7.20. The summed E-state index contributed by atoms with van der Waals surface area (Å²) < 4.78 is 43.9. The molecule has 4 aliphatic rings. The number of likely N-dealkylation sites (tertiary alicyclic amines) is 1. The number of hydrazone groups is 1. The number of carbonyl (C=O) groups is 2. The first kappa shape index (κ1) is 25.3. The monoisotopic (exact) mass is 496 g/mol. The number of hydrogen-bond acceptors (Lipinski definition) is 7. The quantitative estimate of drug-likeness (QED) is 0.628.